The van der Waals surface area contributed by atoms with Gasteiger partial charge in [0.05, 0.1) is 6.42 Å². The van der Waals surface area contributed by atoms with Crippen LogP contribution in [0.15, 0.2) is 12.1 Å². The number of hydrogen-bond acceptors (Lipinski definition) is 4. The molecule has 4 nitrogen and oxygen atoms in total. The number of carbonyl (C=O) groups excluding carboxylic acids is 4. The van der Waals surface area contributed by atoms with E-state index in [-0.39, 0.29) is 47.3 Å². The Morgan fingerprint density at radius 2 is 1.45 bits per heavy atom. The lowest BCUT2D eigenvalue weighted by Gasteiger charge is -2.32. The molecule has 0 bridgehead atoms. The summed E-state index contributed by atoms with van der Waals surface area (Å²) < 4.78 is 0. The molecule has 0 aromatic heterocycles. The van der Waals surface area contributed by atoms with E-state index in [9.17, 15) is 19.2 Å². The molecule has 1 aromatic rings. The van der Waals surface area contributed by atoms with Crippen LogP contribution in [0.2, 0.25) is 0 Å². The van der Waals surface area contributed by atoms with Crippen molar-refractivity contribution in [3.63, 3.8) is 0 Å². The van der Waals surface area contributed by atoms with Gasteiger partial charge in [-0.1, -0.05) is 97.6 Å². The summed E-state index contributed by atoms with van der Waals surface area (Å²) in [5.41, 5.74) is 3.19. The quantitative estimate of drug-likeness (QED) is 0.225. The van der Waals surface area contributed by atoms with Gasteiger partial charge in [0.2, 0.25) is 0 Å². The van der Waals surface area contributed by atoms with Crippen molar-refractivity contribution in [3.8, 4) is 0 Å². The van der Waals surface area contributed by atoms with Crippen molar-refractivity contribution in [1.29, 1.82) is 0 Å². The molecule has 2 aliphatic carbocycles. The first kappa shape index (κ1) is 33.9. The number of aryl methyl sites for hydroxylation is 1. The van der Waals surface area contributed by atoms with Gasteiger partial charge in [-0.3, -0.25) is 19.2 Å². The summed E-state index contributed by atoms with van der Waals surface area (Å²) in [7, 11) is 0. The van der Waals surface area contributed by atoms with Crippen LogP contribution in [0.1, 0.15) is 157 Å². The highest BCUT2D eigenvalue weighted by molar-refractivity contribution is 6.05. The molecule has 214 valence electrons. The molecular weight excluding hydrogens is 472 g/mol. The minimum absolute atomic E-state index is 0.00116. The first-order valence-electron chi connectivity index (χ1n) is 15.3. The Morgan fingerprint density at radius 3 is 1.89 bits per heavy atom. The van der Waals surface area contributed by atoms with E-state index in [0.717, 1.165) is 36.0 Å². The van der Waals surface area contributed by atoms with E-state index < -0.39 is 0 Å². The topological polar surface area (TPSA) is 68.3 Å². The number of fused-ring (bicyclic) bond motifs is 1. The summed E-state index contributed by atoms with van der Waals surface area (Å²) in [4.78, 5) is 49.2. The zero-order valence-corrected chi connectivity index (χ0v) is 25.4. The second-order valence-electron chi connectivity index (χ2n) is 11.5. The Kier molecular flexibility index (Phi) is 16.3. The third-order valence-corrected chi connectivity index (χ3v) is 7.79. The third-order valence-electron chi connectivity index (χ3n) is 7.79. The number of Topliss-reactive ketones (excluding diaryl/α,β-unsaturated/α-hetero) is 4. The SMILES string of the molecule is C1CCCCC1.CCC.CCCC(CC1CC(=O)c2c(C)ccc(C(C)=O)c2C1)C(CC)C(=O)CC(C)=O. The monoisotopic (exact) mass is 526 g/mol. The van der Waals surface area contributed by atoms with Crippen LogP contribution in [-0.2, 0) is 16.0 Å². The predicted molar refractivity (Wildman–Crippen MR) is 158 cm³/mol. The highest BCUT2D eigenvalue weighted by atomic mass is 16.1. The van der Waals surface area contributed by atoms with Crippen molar-refractivity contribution in [2.75, 3.05) is 0 Å². The second-order valence-corrected chi connectivity index (χ2v) is 11.5. The fourth-order valence-corrected chi connectivity index (χ4v) is 6.13. The molecule has 0 spiro atoms. The van der Waals surface area contributed by atoms with Crippen molar-refractivity contribution in [2.24, 2.45) is 17.8 Å². The van der Waals surface area contributed by atoms with Gasteiger partial charge in [0.1, 0.15) is 11.6 Å². The van der Waals surface area contributed by atoms with Gasteiger partial charge in [-0.2, -0.15) is 0 Å². The molecule has 4 heteroatoms. The van der Waals surface area contributed by atoms with Crippen molar-refractivity contribution >= 4 is 23.1 Å². The molecule has 2 aliphatic rings. The summed E-state index contributed by atoms with van der Waals surface area (Å²) in [6.07, 6.45) is 14.8. The number of ketones is 4. The lowest BCUT2D eigenvalue weighted by atomic mass is 9.71. The van der Waals surface area contributed by atoms with Crippen LogP contribution in [-0.4, -0.2) is 23.1 Å². The van der Waals surface area contributed by atoms with Crippen molar-refractivity contribution < 1.29 is 19.2 Å². The average Bonchev–Trinajstić information content (AvgIpc) is 2.86. The van der Waals surface area contributed by atoms with E-state index in [2.05, 4.69) is 20.8 Å². The zero-order chi connectivity index (χ0) is 28.7. The minimum atomic E-state index is -0.139. The molecule has 0 saturated heterocycles. The van der Waals surface area contributed by atoms with Crippen LogP contribution in [0.4, 0.5) is 0 Å². The van der Waals surface area contributed by atoms with Gasteiger partial charge >= 0.3 is 0 Å². The molecule has 0 amide bonds. The molecule has 0 N–H and O–H groups in total. The molecule has 3 atom stereocenters. The molecule has 0 aliphatic heterocycles. The van der Waals surface area contributed by atoms with Gasteiger partial charge in [0.25, 0.3) is 0 Å². The maximum atomic E-state index is 12.9. The predicted octanol–water partition coefficient (Wildman–Crippen LogP) is 9.08. The molecular formula is C34H54O4. The zero-order valence-electron chi connectivity index (χ0n) is 25.4. The van der Waals surface area contributed by atoms with Crippen molar-refractivity contribution in [1.82, 2.24) is 0 Å². The van der Waals surface area contributed by atoms with Crippen molar-refractivity contribution in [2.45, 2.75) is 138 Å². The van der Waals surface area contributed by atoms with Gasteiger partial charge in [-0.15, -0.1) is 0 Å². The van der Waals surface area contributed by atoms with E-state index in [4.69, 9.17) is 0 Å². The molecule has 38 heavy (non-hydrogen) atoms. The van der Waals surface area contributed by atoms with Crippen LogP contribution in [0, 0.1) is 24.7 Å². The van der Waals surface area contributed by atoms with Crippen LogP contribution in [0.5, 0.6) is 0 Å². The molecule has 0 radical (unpaired) electrons. The van der Waals surface area contributed by atoms with Gasteiger partial charge in [-0.05, 0) is 63.0 Å². The van der Waals surface area contributed by atoms with E-state index >= 15 is 0 Å². The molecule has 1 aromatic carbocycles. The van der Waals surface area contributed by atoms with Gasteiger partial charge in [0.15, 0.2) is 11.6 Å². The van der Waals surface area contributed by atoms with Gasteiger partial charge < -0.3 is 0 Å². The molecule has 0 heterocycles. The minimum Gasteiger partial charge on any atom is -0.300 e. The Bertz CT molecular complexity index is 898. The summed E-state index contributed by atoms with van der Waals surface area (Å²) in [5.74, 6) is 0.193. The first-order chi connectivity index (χ1) is 18.1. The van der Waals surface area contributed by atoms with E-state index in [0.29, 0.717) is 24.8 Å². The van der Waals surface area contributed by atoms with Crippen molar-refractivity contribution in [3.05, 3.63) is 34.4 Å². The number of rotatable bonds is 10. The normalized spacial score (nSPS) is 18.1. The second kappa shape index (κ2) is 18.2. The number of carbonyl (C=O) groups is 4. The maximum absolute atomic E-state index is 12.9. The Morgan fingerprint density at radius 1 is 0.895 bits per heavy atom. The van der Waals surface area contributed by atoms with Crippen LogP contribution >= 0.6 is 0 Å². The van der Waals surface area contributed by atoms with Gasteiger partial charge in [0, 0.05) is 23.5 Å². The van der Waals surface area contributed by atoms with E-state index in [1.807, 2.05) is 26.0 Å². The lowest BCUT2D eigenvalue weighted by Crippen LogP contribution is -2.30. The summed E-state index contributed by atoms with van der Waals surface area (Å²) in [5, 5.41) is 0. The lowest BCUT2D eigenvalue weighted by molar-refractivity contribution is -0.129. The van der Waals surface area contributed by atoms with E-state index in [1.54, 1.807) is 6.92 Å². The Hall–Kier alpha value is -2.10. The van der Waals surface area contributed by atoms with Crippen LogP contribution in [0.25, 0.3) is 0 Å². The smallest absolute Gasteiger partial charge is 0.163 e. The van der Waals surface area contributed by atoms with E-state index in [1.165, 1.54) is 51.9 Å². The van der Waals surface area contributed by atoms with Crippen LogP contribution < -0.4 is 0 Å². The summed E-state index contributed by atoms with van der Waals surface area (Å²) in [6, 6.07) is 3.70. The average molecular weight is 527 g/mol. The standard InChI is InChI=1S/C25H34O4.C6H12.C3H8/c1-6-8-19(20(7-2)23(28)11-16(4)26)12-18-13-22-21(17(5)27)10-9-15(3)25(22)24(29)14-18;1-2-4-6-5-3-1;1-3-2/h9-10,18-20H,6-8,11-14H2,1-5H3;1-6H2;3H2,1-2H3. The fraction of sp³-hybridized carbons (Fsp3) is 0.706. The fourth-order valence-electron chi connectivity index (χ4n) is 6.13. The highest BCUT2D eigenvalue weighted by Gasteiger charge is 2.34. The molecule has 3 unspecified atom stereocenters. The van der Waals surface area contributed by atoms with Gasteiger partial charge in [-0.25, -0.2) is 0 Å². The molecule has 1 saturated carbocycles. The Labute approximate surface area is 232 Å². The molecule has 1 fully saturated rings. The number of benzene rings is 1. The highest BCUT2D eigenvalue weighted by Crippen LogP contribution is 2.37. The Balaban J connectivity index is 0.000000680. The van der Waals surface area contributed by atoms with Crippen LogP contribution in [0.3, 0.4) is 0 Å². The molecule has 3 rings (SSSR count). The third kappa shape index (κ3) is 10.9. The maximum Gasteiger partial charge on any atom is 0.163 e. The first-order valence-corrected chi connectivity index (χ1v) is 15.3. The largest absolute Gasteiger partial charge is 0.300 e. The summed E-state index contributed by atoms with van der Waals surface area (Å²) >= 11 is 0. The number of hydrogen-bond donors (Lipinski definition) is 0. The summed E-state index contributed by atoms with van der Waals surface area (Å²) in [6.45, 7) is 13.3.